The van der Waals surface area contributed by atoms with Crippen LogP contribution in [0.3, 0.4) is 0 Å². The van der Waals surface area contributed by atoms with Gasteiger partial charge in [-0.2, -0.15) is 0 Å². The average molecular weight is 621 g/mol. The first-order valence-corrected chi connectivity index (χ1v) is 18.3. The van der Waals surface area contributed by atoms with Crippen molar-refractivity contribution in [2.75, 3.05) is 0 Å². The molecule has 0 aliphatic heterocycles. The summed E-state index contributed by atoms with van der Waals surface area (Å²) in [5, 5.41) is 29.3. The molecule has 7 aromatic carbocycles. The van der Waals surface area contributed by atoms with Crippen LogP contribution in [0.4, 0.5) is 0 Å². The predicted molar refractivity (Wildman–Crippen MR) is 199 cm³/mol. The molecule has 46 heavy (non-hydrogen) atoms. The van der Waals surface area contributed by atoms with Gasteiger partial charge in [-0.1, -0.05) is 48.5 Å². The standard InChI is InChI=1S/C23H25P.C18H13BO3/c1-4-12-20(13-5-1)24(23-18-10-11-19-23,21-14-6-2-7-15-21)22-16-8-3-9-17-22;20-19(21)22-17-7-3-6-12-8-9-15-10-13-4-1-2-5-14(13)11-16(15)18(12)17/h1-9,12-17,23-24H,10-11,18-19H2;1-11,20-21H. The summed E-state index contributed by atoms with van der Waals surface area (Å²) in [7, 11) is -3.82. The molecule has 0 heterocycles. The molecule has 1 aliphatic carbocycles. The summed E-state index contributed by atoms with van der Waals surface area (Å²) in [5.41, 5.74) is 0.796. The van der Waals surface area contributed by atoms with Crippen molar-refractivity contribution in [2.45, 2.75) is 31.3 Å². The van der Waals surface area contributed by atoms with Crippen molar-refractivity contribution in [3.05, 3.63) is 158 Å². The fraction of sp³-hybridized carbons (Fsp3) is 0.122. The molecule has 228 valence electrons. The normalized spacial score (nSPS) is 13.8. The van der Waals surface area contributed by atoms with Gasteiger partial charge in [0.15, 0.2) is 0 Å². The Balaban J connectivity index is 0.000000147. The molecule has 0 atom stereocenters. The fourth-order valence-electron chi connectivity index (χ4n) is 7.65. The molecule has 0 saturated heterocycles. The third kappa shape index (κ3) is 5.81. The number of hydrogen-bond acceptors (Lipinski definition) is 3. The van der Waals surface area contributed by atoms with Crippen LogP contribution >= 0.6 is 7.26 Å². The van der Waals surface area contributed by atoms with Gasteiger partial charge >= 0.3 is 153 Å². The summed E-state index contributed by atoms with van der Waals surface area (Å²) in [6, 6.07) is 56.1. The van der Waals surface area contributed by atoms with Crippen LogP contribution in [0.25, 0.3) is 32.3 Å². The van der Waals surface area contributed by atoms with Gasteiger partial charge in [0.05, 0.1) is 0 Å². The summed E-state index contributed by atoms with van der Waals surface area (Å²) in [6.45, 7) is 0. The first-order chi connectivity index (χ1) is 22.6. The molecular weight excluding hydrogens is 582 g/mol. The van der Waals surface area contributed by atoms with Crippen molar-refractivity contribution in [1.29, 1.82) is 0 Å². The summed E-state index contributed by atoms with van der Waals surface area (Å²) in [4.78, 5) is 0. The quantitative estimate of drug-likeness (QED) is 0.0854. The zero-order valence-corrected chi connectivity index (χ0v) is 26.8. The van der Waals surface area contributed by atoms with Gasteiger partial charge in [0.25, 0.3) is 0 Å². The monoisotopic (exact) mass is 620 g/mol. The van der Waals surface area contributed by atoms with Gasteiger partial charge in [-0.15, -0.1) is 0 Å². The molecule has 3 nitrogen and oxygen atoms in total. The molecule has 0 amide bonds. The zero-order chi connectivity index (χ0) is 31.3. The first kappa shape index (κ1) is 30.2. The van der Waals surface area contributed by atoms with Gasteiger partial charge in [-0.3, -0.25) is 0 Å². The molecule has 0 unspecified atom stereocenters. The molecule has 7 aromatic rings. The van der Waals surface area contributed by atoms with Gasteiger partial charge < -0.3 is 14.7 Å². The van der Waals surface area contributed by atoms with Gasteiger partial charge in [0.1, 0.15) is 5.75 Å². The van der Waals surface area contributed by atoms with E-state index >= 15 is 0 Å². The minimum absolute atomic E-state index is 0.466. The molecule has 2 N–H and O–H groups in total. The molecule has 1 saturated carbocycles. The summed E-state index contributed by atoms with van der Waals surface area (Å²) in [6.07, 6.45) is 5.49. The number of benzene rings is 7. The van der Waals surface area contributed by atoms with Gasteiger partial charge in [0, 0.05) is 5.39 Å². The molecule has 0 radical (unpaired) electrons. The Morgan fingerprint density at radius 2 is 0.978 bits per heavy atom. The SMILES string of the molecule is OB(O)Oc1cccc2ccc3cc4ccccc4cc3c12.c1ccc([PH](c2ccccc2)(c2ccccc2)C2CCCC2)cc1. The van der Waals surface area contributed by atoms with Crippen molar-refractivity contribution in [1.82, 2.24) is 0 Å². The Labute approximate surface area is 271 Å². The van der Waals surface area contributed by atoms with E-state index in [0.717, 1.165) is 32.6 Å². The van der Waals surface area contributed by atoms with Crippen LogP contribution < -0.4 is 20.6 Å². The van der Waals surface area contributed by atoms with Crippen LogP contribution in [0, 0.1) is 0 Å². The van der Waals surface area contributed by atoms with Crippen molar-refractivity contribution in [3.8, 4) is 5.75 Å². The first-order valence-electron chi connectivity index (χ1n) is 16.2. The van der Waals surface area contributed by atoms with Crippen LogP contribution in [0.15, 0.2) is 158 Å². The maximum absolute atomic E-state index is 9.14. The molecule has 0 aromatic heterocycles. The van der Waals surface area contributed by atoms with E-state index in [0.29, 0.717) is 5.75 Å². The van der Waals surface area contributed by atoms with E-state index in [1.807, 2.05) is 30.3 Å². The van der Waals surface area contributed by atoms with Gasteiger partial charge in [0.2, 0.25) is 0 Å². The van der Waals surface area contributed by atoms with E-state index < -0.39 is 14.6 Å². The van der Waals surface area contributed by atoms with Crippen LogP contribution in [0.5, 0.6) is 5.75 Å². The van der Waals surface area contributed by atoms with E-state index in [2.05, 4.69) is 121 Å². The molecule has 8 rings (SSSR count). The van der Waals surface area contributed by atoms with Crippen molar-refractivity contribution in [2.24, 2.45) is 0 Å². The van der Waals surface area contributed by atoms with E-state index in [1.54, 1.807) is 22.0 Å². The fourth-order valence-corrected chi connectivity index (χ4v) is 13.5. The van der Waals surface area contributed by atoms with Crippen molar-refractivity contribution in [3.63, 3.8) is 0 Å². The second-order valence-corrected chi connectivity index (χ2v) is 16.3. The molecular formula is C41H38BO3P. The van der Waals surface area contributed by atoms with E-state index in [4.69, 9.17) is 14.7 Å². The average Bonchev–Trinajstić information content (AvgIpc) is 3.65. The van der Waals surface area contributed by atoms with Crippen LogP contribution in [-0.4, -0.2) is 23.0 Å². The molecule has 1 aliphatic rings. The molecule has 1 fully saturated rings. The summed E-state index contributed by atoms with van der Waals surface area (Å²) < 4.78 is 5.16. The minimum atomic E-state index is -1.99. The summed E-state index contributed by atoms with van der Waals surface area (Å²) in [5.74, 6) is 0.466. The Morgan fingerprint density at radius 1 is 0.500 bits per heavy atom. The Bertz CT molecular complexity index is 1960. The van der Waals surface area contributed by atoms with E-state index in [1.165, 1.54) is 31.1 Å². The summed E-state index contributed by atoms with van der Waals surface area (Å²) >= 11 is 0. The third-order valence-electron chi connectivity index (χ3n) is 9.58. The third-order valence-corrected chi connectivity index (χ3v) is 15.1. The van der Waals surface area contributed by atoms with Crippen molar-refractivity contribution < 1.29 is 14.7 Å². The molecule has 0 spiro atoms. The Kier molecular flexibility index (Phi) is 8.86. The van der Waals surface area contributed by atoms with Gasteiger partial charge in [-0.25, -0.2) is 0 Å². The van der Waals surface area contributed by atoms with Crippen LogP contribution in [0.1, 0.15) is 25.7 Å². The predicted octanol–water partition coefficient (Wildman–Crippen LogP) is 8.15. The van der Waals surface area contributed by atoms with E-state index in [9.17, 15) is 0 Å². The topological polar surface area (TPSA) is 49.7 Å². The van der Waals surface area contributed by atoms with Crippen LogP contribution in [-0.2, 0) is 0 Å². The Morgan fingerprint density at radius 3 is 1.52 bits per heavy atom. The zero-order valence-electron chi connectivity index (χ0n) is 25.8. The maximum atomic E-state index is 9.14. The van der Waals surface area contributed by atoms with Crippen LogP contribution in [0.2, 0.25) is 0 Å². The Hall–Kier alpha value is -4.47. The second kappa shape index (κ2) is 13.5. The number of fused-ring (bicyclic) bond motifs is 4. The second-order valence-electron chi connectivity index (χ2n) is 12.2. The number of rotatable bonds is 6. The van der Waals surface area contributed by atoms with E-state index in [-0.39, 0.29) is 0 Å². The van der Waals surface area contributed by atoms with Gasteiger partial charge in [-0.05, 0) is 45.1 Å². The molecule has 5 heteroatoms. The van der Waals surface area contributed by atoms with Crippen molar-refractivity contribution >= 4 is 62.8 Å². The molecule has 0 bridgehead atoms. The number of hydrogen-bond donors (Lipinski definition) is 2.